The van der Waals surface area contributed by atoms with Crippen LogP contribution in [0.3, 0.4) is 0 Å². The molecule has 2 N–H and O–H groups in total. The Kier molecular flexibility index (Phi) is 5.21. The Morgan fingerprint density at radius 2 is 1.80 bits per heavy atom. The molecule has 3 rings (SSSR count). The van der Waals surface area contributed by atoms with Crippen molar-refractivity contribution in [3.63, 3.8) is 0 Å². The van der Waals surface area contributed by atoms with Gasteiger partial charge in [-0.2, -0.15) is 0 Å². The maximum absolute atomic E-state index is 12.3. The van der Waals surface area contributed by atoms with E-state index < -0.39 is 0 Å². The smallest absolute Gasteiger partial charge is 0.270 e. The molecule has 0 unspecified atom stereocenters. The summed E-state index contributed by atoms with van der Waals surface area (Å²) in [4.78, 5) is 20.7. The standard InChI is InChI=1S/C19H18N4O2/c1-25-16-9-7-14(8-10-16)13-21-18(24)17-11-12-20-19(23-17)22-15-5-3-2-4-6-15/h2-12H,13H2,1H3,(H,21,24)(H,20,22,23). The van der Waals surface area contributed by atoms with Crippen LogP contribution in [0.25, 0.3) is 0 Å². The Labute approximate surface area is 145 Å². The fourth-order valence-corrected chi connectivity index (χ4v) is 2.21. The molecular weight excluding hydrogens is 316 g/mol. The molecule has 0 atom stereocenters. The van der Waals surface area contributed by atoms with E-state index in [0.717, 1.165) is 17.0 Å². The SMILES string of the molecule is COc1ccc(CNC(=O)c2ccnc(Nc3ccccc3)n2)cc1. The molecule has 0 saturated heterocycles. The molecule has 2 aromatic carbocycles. The van der Waals surface area contributed by atoms with Crippen molar-refractivity contribution in [2.24, 2.45) is 0 Å². The van der Waals surface area contributed by atoms with E-state index in [9.17, 15) is 4.79 Å². The maximum Gasteiger partial charge on any atom is 0.270 e. The molecular formula is C19H18N4O2. The van der Waals surface area contributed by atoms with Gasteiger partial charge in [0.05, 0.1) is 7.11 Å². The van der Waals surface area contributed by atoms with Gasteiger partial charge in [0.15, 0.2) is 0 Å². The lowest BCUT2D eigenvalue weighted by molar-refractivity contribution is 0.0946. The first-order valence-electron chi connectivity index (χ1n) is 7.81. The minimum Gasteiger partial charge on any atom is -0.497 e. The van der Waals surface area contributed by atoms with Crippen molar-refractivity contribution in [1.82, 2.24) is 15.3 Å². The van der Waals surface area contributed by atoms with Crippen molar-refractivity contribution >= 4 is 17.5 Å². The Morgan fingerprint density at radius 1 is 1.04 bits per heavy atom. The third kappa shape index (κ3) is 4.54. The first-order chi connectivity index (χ1) is 12.2. The molecule has 0 radical (unpaired) electrons. The maximum atomic E-state index is 12.3. The van der Waals surface area contributed by atoms with Crippen LogP contribution in [-0.4, -0.2) is 23.0 Å². The first-order valence-corrected chi connectivity index (χ1v) is 7.81. The summed E-state index contributed by atoms with van der Waals surface area (Å²) in [7, 11) is 1.62. The normalized spacial score (nSPS) is 10.1. The van der Waals surface area contributed by atoms with Gasteiger partial charge in [-0.15, -0.1) is 0 Å². The highest BCUT2D eigenvalue weighted by Gasteiger charge is 2.09. The van der Waals surface area contributed by atoms with E-state index in [-0.39, 0.29) is 5.91 Å². The number of benzene rings is 2. The minimum absolute atomic E-state index is 0.255. The van der Waals surface area contributed by atoms with Crippen molar-refractivity contribution in [3.8, 4) is 5.75 Å². The number of carbonyl (C=O) groups excluding carboxylic acids is 1. The largest absolute Gasteiger partial charge is 0.497 e. The molecule has 6 heteroatoms. The van der Waals surface area contributed by atoms with Gasteiger partial charge in [0.1, 0.15) is 11.4 Å². The fourth-order valence-electron chi connectivity index (χ4n) is 2.21. The predicted octanol–water partition coefficient (Wildman–Crippen LogP) is 3.16. The number of nitrogens with one attached hydrogen (secondary N) is 2. The van der Waals surface area contributed by atoms with Crippen LogP contribution in [0.1, 0.15) is 16.1 Å². The number of hydrogen-bond acceptors (Lipinski definition) is 5. The molecule has 3 aromatic rings. The number of rotatable bonds is 6. The quantitative estimate of drug-likeness (QED) is 0.724. The number of amides is 1. The summed E-state index contributed by atoms with van der Waals surface area (Å²) in [5, 5.41) is 5.92. The van der Waals surface area contributed by atoms with Crippen LogP contribution in [0, 0.1) is 0 Å². The number of carbonyl (C=O) groups is 1. The number of ether oxygens (including phenoxy) is 1. The van der Waals surface area contributed by atoms with Crippen molar-refractivity contribution < 1.29 is 9.53 Å². The summed E-state index contributed by atoms with van der Waals surface area (Å²) in [6, 6.07) is 18.7. The molecule has 0 bridgehead atoms. The van der Waals surface area contributed by atoms with Crippen LogP contribution >= 0.6 is 0 Å². The summed E-state index contributed by atoms with van der Waals surface area (Å²) in [5.74, 6) is 0.903. The molecule has 1 amide bonds. The van der Waals surface area contributed by atoms with Crippen molar-refractivity contribution in [2.75, 3.05) is 12.4 Å². The zero-order chi connectivity index (χ0) is 17.5. The van der Waals surface area contributed by atoms with Gasteiger partial charge in [-0.1, -0.05) is 30.3 Å². The zero-order valence-electron chi connectivity index (χ0n) is 13.8. The van der Waals surface area contributed by atoms with E-state index in [0.29, 0.717) is 18.2 Å². The first kappa shape index (κ1) is 16.4. The lowest BCUT2D eigenvalue weighted by Crippen LogP contribution is -2.24. The van der Waals surface area contributed by atoms with E-state index in [4.69, 9.17) is 4.74 Å². The lowest BCUT2D eigenvalue weighted by atomic mass is 10.2. The molecule has 0 aliphatic carbocycles. The minimum atomic E-state index is -0.255. The second kappa shape index (κ2) is 7.92. The molecule has 0 fully saturated rings. The molecule has 6 nitrogen and oxygen atoms in total. The molecule has 25 heavy (non-hydrogen) atoms. The Bertz CT molecular complexity index is 836. The molecule has 0 aliphatic heterocycles. The third-order valence-corrected chi connectivity index (χ3v) is 3.53. The van der Waals surface area contributed by atoms with E-state index in [1.54, 1.807) is 19.4 Å². The highest BCUT2D eigenvalue weighted by atomic mass is 16.5. The third-order valence-electron chi connectivity index (χ3n) is 3.53. The van der Waals surface area contributed by atoms with Crippen molar-refractivity contribution in [2.45, 2.75) is 6.54 Å². The predicted molar refractivity (Wildman–Crippen MR) is 95.9 cm³/mol. The van der Waals surface area contributed by atoms with Crippen LogP contribution in [0.4, 0.5) is 11.6 Å². The van der Waals surface area contributed by atoms with Crippen LogP contribution in [0.5, 0.6) is 5.75 Å². The summed E-state index contributed by atoms with van der Waals surface area (Å²) in [5.41, 5.74) is 2.14. The molecule has 1 aromatic heterocycles. The molecule has 0 saturated carbocycles. The average molecular weight is 334 g/mol. The van der Waals surface area contributed by atoms with Crippen molar-refractivity contribution in [1.29, 1.82) is 0 Å². The molecule has 126 valence electrons. The Balaban J connectivity index is 1.62. The average Bonchev–Trinajstić information content (AvgIpc) is 2.67. The molecule has 0 aliphatic rings. The van der Waals surface area contributed by atoms with Gasteiger partial charge in [-0.05, 0) is 35.9 Å². The molecule has 0 spiro atoms. The van der Waals surface area contributed by atoms with Gasteiger partial charge in [0.25, 0.3) is 5.91 Å². The van der Waals surface area contributed by atoms with Gasteiger partial charge in [0, 0.05) is 18.4 Å². The van der Waals surface area contributed by atoms with E-state index in [1.165, 1.54) is 0 Å². The summed E-state index contributed by atoms with van der Waals surface area (Å²) in [6.07, 6.45) is 1.56. The van der Waals surface area contributed by atoms with Gasteiger partial charge < -0.3 is 15.4 Å². The number of para-hydroxylation sites is 1. The Morgan fingerprint density at radius 3 is 2.52 bits per heavy atom. The topological polar surface area (TPSA) is 76.1 Å². The van der Waals surface area contributed by atoms with Gasteiger partial charge in [-0.3, -0.25) is 4.79 Å². The number of hydrogen-bond donors (Lipinski definition) is 2. The van der Waals surface area contributed by atoms with Crippen molar-refractivity contribution in [3.05, 3.63) is 78.1 Å². The number of methoxy groups -OCH3 is 1. The van der Waals surface area contributed by atoms with E-state index >= 15 is 0 Å². The highest BCUT2D eigenvalue weighted by molar-refractivity contribution is 5.92. The number of nitrogens with zero attached hydrogens (tertiary/aromatic N) is 2. The number of anilines is 2. The monoisotopic (exact) mass is 334 g/mol. The van der Waals surface area contributed by atoms with Crippen LogP contribution < -0.4 is 15.4 Å². The lowest BCUT2D eigenvalue weighted by Gasteiger charge is -2.08. The number of aromatic nitrogens is 2. The summed E-state index contributed by atoms with van der Waals surface area (Å²) >= 11 is 0. The zero-order valence-corrected chi connectivity index (χ0v) is 13.8. The van der Waals surface area contributed by atoms with E-state index in [2.05, 4.69) is 20.6 Å². The van der Waals surface area contributed by atoms with Gasteiger partial charge in [0.2, 0.25) is 5.95 Å². The van der Waals surface area contributed by atoms with E-state index in [1.807, 2.05) is 54.6 Å². The van der Waals surface area contributed by atoms with Gasteiger partial charge >= 0.3 is 0 Å². The second-order valence-corrected chi connectivity index (χ2v) is 5.29. The second-order valence-electron chi connectivity index (χ2n) is 5.29. The van der Waals surface area contributed by atoms with Crippen LogP contribution in [0.2, 0.25) is 0 Å². The Hall–Kier alpha value is -3.41. The van der Waals surface area contributed by atoms with Gasteiger partial charge in [-0.25, -0.2) is 9.97 Å². The van der Waals surface area contributed by atoms with Crippen LogP contribution in [0.15, 0.2) is 66.9 Å². The highest BCUT2D eigenvalue weighted by Crippen LogP contribution is 2.13. The summed E-state index contributed by atoms with van der Waals surface area (Å²) < 4.78 is 5.11. The summed E-state index contributed by atoms with van der Waals surface area (Å²) in [6.45, 7) is 0.411. The molecule has 1 heterocycles. The van der Waals surface area contributed by atoms with Crippen LogP contribution in [-0.2, 0) is 6.54 Å². The fraction of sp³-hybridized carbons (Fsp3) is 0.105.